The molecule has 0 fully saturated rings. The van der Waals surface area contributed by atoms with Gasteiger partial charge in [-0.05, 0) is 11.6 Å². The molecule has 1 aliphatic heterocycles. The molecule has 76 valence electrons. The second-order valence-corrected chi connectivity index (χ2v) is 4.57. The van der Waals surface area contributed by atoms with E-state index in [9.17, 15) is 8.42 Å². The van der Waals surface area contributed by atoms with Crippen molar-refractivity contribution in [3.05, 3.63) is 29.8 Å². The molecule has 14 heavy (non-hydrogen) atoms. The zero-order chi connectivity index (χ0) is 10.2. The summed E-state index contributed by atoms with van der Waals surface area (Å²) >= 11 is 0. The minimum Gasteiger partial charge on any atom is -0.354 e. The molecule has 0 bridgehead atoms. The Labute approximate surface area is 82.6 Å². The van der Waals surface area contributed by atoms with Gasteiger partial charge in [-0.2, -0.15) is 8.42 Å². The van der Waals surface area contributed by atoms with Crippen LogP contribution in [0, 0.1) is 0 Å². The van der Waals surface area contributed by atoms with Crippen molar-refractivity contribution in [2.75, 3.05) is 7.11 Å². The smallest absolute Gasteiger partial charge is 0.299 e. The van der Waals surface area contributed by atoms with Crippen LogP contribution in [0.5, 0.6) is 0 Å². The van der Waals surface area contributed by atoms with E-state index < -0.39 is 16.4 Å². The third-order valence-corrected chi connectivity index (χ3v) is 3.53. The fourth-order valence-electron chi connectivity index (χ4n) is 1.45. The standard InChI is InChI=1S/C9H10O4S/c1-12-9-6-7-4-2-3-5-8(7)14(10,11)13-9/h2-5,9H,6H2,1H3. The van der Waals surface area contributed by atoms with Crippen molar-refractivity contribution >= 4 is 10.1 Å². The Balaban J connectivity index is 2.53. The fourth-order valence-corrected chi connectivity index (χ4v) is 2.70. The van der Waals surface area contributed by atoms with Gasteiger partial charge < -0.3 is 4.74 Å². The Morgan fingerprint density at radius 2 is 2.14 bits per heavy atom. The summed E-state index contributed by atoms with van der Waals surface area (Å²) in [5, 5.41) is 0. The van der Waals surface area contributed by atoms with E-state index in [4.69, 9.17) is 8.92 Å². The molecule has 0 saturated carbocycles. The molecule has 1 aromatic rings. The molecule has 0 spiro atoms. The Kier molecular flexibility index (Phi) is 2.30. The summed E-state index contributed by atoms with van der Waals surface area (Å²) in [6.07, 6.45) is -0.235. The van der Waals surface area contributed by atoms with Crippen LogP contribution in [0.4, 0.5) is 0 Å². The van der Waals surface area contributed by atoms with Crippen LogP contribution in [0.1, 0.15) is 5.56 Å². The van der Waals surface area contributed by atoms with E-state index in [2.05, 4.69) is 0 Å². The summed E-state index contributed by atoms with van der Waals surface area (Å²) < 4.78 is 32.8. The fraction of sp³-hybridized carbons (Fsp3) is 0.333. The second kappa shape index (κ2) is 3.34. The van der Waals surface area contributed by atoms with Crippen LogP contribution in [0.25, 0.3) is 0 Å². The van der Waals surface area contributed by atoms with E-state index in [1.54, 1.807) is 18.2 Å². The van der Waals surface area contributed by atoms with E-state index >= 15 is 0 Å². The van der Waals surface area contributed by atoms with Gasteiger partial charge in [0.05, 0.1) is 4.90 Å². The number of fused-ring (bicyclic) bond motifs is 1. The molecule has 2 rings (SSSR count). The maximum atomic E-state index is 11.5. The topological polar surface area (TPSA) is 52.6 Å². The first-order valence-electron chi connectivity index (χ1n) is 4.17. The molecule has 1 heterocycles. The maximum Gasteiger partial charge on any atom is 0.299 e. The lowest BCUT2D eigenvalue weighted by atomic mass is 10.1. The number of methoxy groups -OCH3 is 1. The van der Waals surface area contributed by atoms with Crippen molar-refractivity contribution in [1.82, 2.24) is 0 Å². The van der Waals surface area contributed by atoms with Crippen LogP contribution < -0.4 is 0 Å². The summed E-state index contributed by atoms with van der Waals surface area (Å²) in [5.74, 6) is 0. The Hall–Kier alpha value is -0.910. The molecule has 0 amide bonds. The van der Waals surface area contributed by atoms with Crippen LogP contribution in [-0.4, -0.2) is 21.8 Å². The van der Waals surface area contributed by atoms with E-state index in [0.29, 0.717) is 6.42 Å². The van der Waals surface area contributed by atoms with Gasteiger partial charge in [-0.15, -0.1) is 0 Å². The third-order valence-electron chi connectivity index (χ3n) is 2.13. The number of hydrogen-bond acceptors (Lipinski definition) is 4. The third kappa shape index (κ3) is 1.54. The average molecular weight is 214 g/mol. The lowest BCUT2D eigenvalue weighted by molar-refractivity contribution is -0.0519. The van der Waals surface area contributed by atoms with Crippen molar-refractivity contribution in [2.45, 2.75) is 17.6 Å². The SMILES string of the molecule is COC1Cc2ccccc2S(=O)(=O)O1. The largest absolute Gasteiger partial charge is 0.354 e. The predicted molar refractivity (Wildman–Crippen MR) is 49.2 cm³/mol. The molecule has 4 nitrogen and oxygen atoms in total. The molecule has 0 saturated heterocycles. The van der Waals surface area contributed by atoms with Gasteiger partial charge in [0.25, 0.3) is 10.1 Å². The first kappa shape index (κ1) is 9.64. The lowest BCUT2D eigenvalue weighted by Crippen LogP contribution is -2.28. The molecule has 1 aromatic carbocycles. The van der Waals surface area contributed by atoms with Gasteiger partial charge in [-0.3, -0.25) is 0 Å². The van der Waals surface area contributed by atoms with Crippen molar-refractivity contribution in [1.29, 1.82) is 0 Å². The van der Waals surface area contributed by atoms with Gasteiger partial charge in [-0.1, -0.05) is 18.2 Å². The van der Waals surface area contributed by atoms with Gasteiger partial charge in [0.2, 0.25) is 0 Å². The van der Waals surface area contributed by atoms with Crippen molar-refractivity contribution in [3.63, 3.8) is 0 Å². The van der Waals surface area contributed by atoms with Crippen LogP contribution in [0.3, 0.4) is 0 Å². The Morgan fingerprint density at radius 3 is 2.86 bits per heavy atom. The minimum atomic E-state index is -3.63. The van der Waals surface area contributed by atoms with Crippen molar-refractivity contribution in [3.8, 4) is 0 Å². The quantitative estimate of drug-likeness (QED) is 0.652. The van der Waals surface area contributed by atoms with Gasteiger partial charge in [0, 0.05) is 13.5 Å². The highest BCUT2D eigenvalue weighted by Gasteiger charge is 2.30. The van der Waals surface area contributed by atoms with E-state index in [-0.39, 0.29) is 4.90 Å². The lowest BCUT2D eigenvalue weighted by Gasteiger charge is -2.22. The van der Waals surface area contributed by atoms with Gasteiger partial charge >= 0.3 is 0 Å². The van der Waals surface area contributed by atoms with Crippen molar-refractivity contribution in [2.24, 2.45) is 0 Å². The molecular weight excluding hydrogens is 204 g/mol. The van der Waals surface area contributed by atoms with E-state index in [1.165, 1.54) is 13.2 Å². The summed E-state index contributed by atoms with van der Waals surface area (Å²) in [5.41, 5.74) is 0.741. The highest BCUT2D eigenvalue weighted by molar-refractivity contribution is 7.86. The number of ether oxygens (including phenoxy) is 1. The van der Waals surface area contributed by atoms with Crippen LogP contribution in [0.2, 0.25) is 0 Å². The first-order valence-corrected chi connectivity index (χ1v) is 5.58. The average Bonchev–Trinajstić information content (AvgIpc) is 2.17. The summed E-state index contributed by atoms with van der Waals surface area (Å²) in [6, 6.07) is 6.78. The number of benzene rings is 1. The molecule has 0 radical (unpaired) electrons. The molecule has 0 aliphatic carbocycles. The molecule has 1 atom stereocenters. The molecular formula is C9H10O4S. The van der Waals surface area contributed by atoms with E-state index in [0.717, 1.165) is 5.56 Å². The molecule has 0 aromatic heterocycles. The minimum absolute atomic E-state index is 0.244. The van der Waals surface area contributed by atoms with Crippen LogP contribution in [0.15, 0.2) is 29.2 Å². The predicted octanol–water partition coefficient (Wildman–Crippen LogP) is 0.921. The number of rotatable bonds is 1. The Morgan fingerprint density at radius 1 is 1.43 bits per heavy atom. The molecule has 1 unspecified atom stereocenters. The molecule has 1 aliphatic rings. The zero-order valence-electron chi connectivity index (χ0n) is 7.64. The zero-order valence-corrected chi connectivity index (χ0v) is 8.45. The second-order valence-electron chi connectivity index (χ2n) is 3.03. The van der Waals surface area contributed by atoms with Crippen LogP contribution in [-0.2, 0) is 25.5 Å². The molecule has 0 N–H and O–H groups in total. The molecule has 5 heteroatoms. The summed E-state index contributed by atoms with van der Waals surface area (Å²) in [4.78, 5) is 0.244. The highest BCUT2D eigenvalue weighted by atomic mass is 32.2. The van der Waals surface area contributed by atoms with E-state index in [1.807, 2.05) is 0 Å². The summed E-state index contributed by atoms with van der Waals surface area (Å²) in [6.45, 7) is 0. The summed E-state index contributed by atoms with van der Waals surface area (Å²) in [7, 11) is -2.20. The normalized spacial score (nSPS) is 24.2. The van der Waals surface area contributed by atoms with Gasteiger partial charge in [-0.25, -0.2) is 4.18 Å². The monoisotopic (exact) mass is 214 g/mol. The Bertz CT molecular complexity index is 438. The first-order chi connectivity index (χ1) is 6.63. The van der Waals surface area contributed by atoms with Gasteiger partial charge in [0.1, 0.15) is 0 Å². The highest BCUT2D eigenvalue weighted by Crippen LogP contribution is 2.26. The van der Waals surface area contributed by atoms with Crippen LogP contribution >= 0.6 is 0 Å². The number of hydrogen-bond donors (Lipinski definition) is 0. The van der Waals surface area contributed by atoms with Gasteiger partial charge in [0.15, 0.2) is 6.29 Å². The van der Waals surface area contributed by atoms with Crippen molar-refractivity contribution < 1.29 is 17.3 Å². The maximum absolute atomic E-state index is 11.5.